The average molecular weight is 493 g/mol. The Morgan fingerprint density at radius 3 is 1.68 bits per heavy atom. The first-order valence-electron chi connectivity index (χ1n) is 9.92. The summed E-state index contributed by atoms with van der Waals surface area (Å²) in [5.41, 5.74) is 10.1. The molecule has 0 spiro atoms. The van der Waals surface area contributed by atoms with Gasteiger partial charge in [-0.2, -0.15) is 0 Å². The zero-order chi connectivity index (χ0) is 19.9. The maximum absolute atomic E-state index is 4.77. The minimum Gasteiger partial charge on any atom is -0.355 e. The van der Waals surface area contributed by atoms with Crippen molar-refractivity contribution in [3.63, 3.8) is 0 Å². The fraction of sp³-hybridized carbons (Fsp3) is 0. The van der Waals surface area contributed by atoms with Crippen LogP contribution in [0.25, 0.3) is 57.5 Å². The van der Waals surface area contributed by atoms with Crippen LogP contribution in [0.3, 0.4) is 0 Å². The minimum absolute atomic E-state index is 0. The third kappa shape index (κ3) is 3.94. The molecule has 2 N–H and O–H groups in total. The van der Waals surface area contributed by atoms with Gasteiger partial charge < -0.3 is 9.97 Å². The maximum Gasteiger partial charge on any atom is 0.0658 e. The number of aromatic amines is 2. The van der Waals surface area contributed by atoms with E-state index >= 15 is 0 Å². The number of nitrogens with one attached hydrogen (secondary N) is 2. The summed E-state index contributed by atoms with van der Waals surface area (Å²) < 4.78 is 0. The van der Waals surface area contributed by atoms with Gasteiger partial charge in [-0.3, -0.25) is 0 Å². The van der Waals surface area contributed by atoms with Crippen molar-refractivity contribution in [2.75, 3.05) is 0 Å². The summed E-state index contributed by atoms with van der Waals surface area (Å²) in [5.74, 6) is 0. The van der Waals surface area contributed by atoms with Crippen molar-refractivity contribution >= 4 is 46.4 Å². The molecule has 0 saturated heterocycles. The molecule has 2 aliphatic heterocycles. The Morgan fingerprint density at radius 1 is 0.516 bits per heavy atom. The minimum atomic E-state index is 0. The van der Waals surface area contributed by atoms with E-state index in [0.717, 1.165) is 50.4 Å². The first-order valence-corrected chi connectivity index (χ1v) is 9.92. The zero-order valence-electron chi connectivity index (χ0n) is 16.4. The topological polar surface area (TPSA) is 57.4 Å². The van der Waals surface area contributed by atoms with E-state index in [2.05, 4.69) is 70.6 Å². The Labute approximate surface area is 193 Å². The van der Waals surface area contributed by atoms with Gasteiger partial charge >= 0.3 is 0 Å². The molecule has 0 atom stereocenters. The van der Waals surface area contributed by atoms with Gasteiger partial charge in [-0.25, -0.2) is 9.97 Å². The standard InChI is InChI=1S/C26H18N4.Pd/c1-2-4-17(5-3-1)25-15-24-14-22-9-8-20(28-22)12-18-6-7-19(27-18)13-21-10-11-23(29-21)16-26(25)30-24;/h1-16,27,30H;. The van der Waals surface area contributed by atoms with E-state index in [1.807, 2.05) is 36.4 Å². The fourth-order valence-corrected chi connectivity index (χ4v) is 3.87. The smallest absolute Gasteiger partial charge is 0.0658 e. The summed E-state index contributed by atoms with van der Waals surface area (Å²) in [6.45, 7) is 0. The van der Waals surface area contributed by atoms with Crippen molar-refractivity contribution < 1.29 is 20.4 Å². The quantitative estimate of drug-likeness (QED) is 0.264. The van der Waals surface area contributed by atoms with Gasteiger partial charge in [0.05, 0.1) is 22.8 Å². The van der Waals surface area contributed by atoms with Crippen LogP contribution in [0.1, 0.15) is 22.8 Å². The molecule has 0 amide bonds. The van der Waals surface area contributed by atoms with E-state index in [1.165, 1.54) is 5.56 Å². The molecule has 0 radical (unpaired) electrons. The van der Waals surface area contributed by atoms with Gasteiger partial charge in [0, 0.05) is 48.1 Å². The van der Waals surface area contributed by atoms with Crippen LogP contribution in [0, 0.1) is 0 Å². The van der Waals surface area contributed by atoms with Gasteiger partial charge in [-0.05, 0) is 72.3 Å². The zero-order valence-corrected chi connectivity index (χ0v) is 18.0. The Morgan fingerprint density at radius 2 is 1.06 bits per heavy atom. The molecule has 8 bridgehead atoms. The Hall–Kier alpha value is -3.52. The number of nitrogens with zero attached hydrogens (tertiary/aromatic N) is 2. The molecule has 2 aliphatic rings. The van der Waals surface area contributed by atoms with Gasteiger partial charge in [0.2, 0.25) is 0 Å². The fourth-order valence-electron chi connectivity index (χ4n) is 3.87. The molecule has 152 valence electrons. The number of hydrogen-bond donors (Lipinski definition) is 2. The average Bonchev–Trinajstić information content (AvgIpc) is 3.53. The Bertz CT molecular complexity index is 1490. The van der Waals surface area contributed by atoms with E-state index in [0.29, 0.717) is 0 Å². The summed E-state index contributed by atoms with van der Waals surface area (Å²) >= 11 is 0. The van der Waals surface area contributed by atoms with Crippen LogP contribution >= 0.6 is 0 Å². The van der Waals surface area contributed by atoms with Gasteiger partial charge in [-0.1, -0.05) is 30.3 Å². The molecule has 4 aromatic rings. The van der Waals surface area contributed by atoms with Crippen molar-refractivity contribution in [1.82, 2.24) is 19.9 Å². The molecule has 1 aromatic carbocycles. The molecule has 5 heterocycles. The van der Waals surface area contributed by atoms with Crippen molar-refractivity contribution in [3.05, 3.63) is 95.6 Å². The monoisotopic (exact) mass is 492 g/mol. The summed E-state index contributed by atoms with van der Waals surface area (Å²) in [5, 5.41) is 0. The molecule has 6 rings (SSSR count). The molecule has 3 aromatic heterocycles. The normalized spacial score (nSPS) is 12.0. The van der Waals surface area contributed by atoms with Crippen LogP contribution in [0.15, 0.2) is 72.8 Å². The van der Waals surface area contributed by atoms with Gasteiger partial charge in [0.1, 0.15) is 0 Å². The Kier molecular flexibility index (Phi) is 4.99. The number of H-pyrrole nitrogens is 2. The second-order valence-corrected chi connectivity index (χ2v) is 7.45. The van der Waals surface area contributed by atoms with E-state index in [-0.39, 0.29) is 20.4 Å². The third-order valence-electron chi connectivity index (χ3n) is 5.25. The molecule has 5 heteroatoms. The van der Waals surface area contributed by atoms with Crippen molar-refractivity contribution in [1.29, 1.82) is 0 Å². The summed E-state index contributed by atoms with van der Waals surface area (Å²) in [6, 6.07) is 25.0. The van der Waals surface area contributed by atoms with E-state index in [1.54, 1.807) is 0 Å². The number of fused-ring (bicyclic) bond motifs is 8. The van der Waals surface area contributed by atoms with Crippen LogP contribution in [0.5, 0.6) is 0 Å². The second-order valence-electron chi connectivity index (χ2n) is 7.45. The van der Waals surface area contributed by atoms with Crippen LogP contribution in [-0.2, 0) is 20.4 Å². The van der Waals surface area contributed by atoms with Crippen LogP contribution in [-0.4, -0.2) is 19.9 Å². The summed E-state index contributed by atoms with van der Waals surface area (Å²) in [6.07, 6.45) is 8.16. The predicted molar refractivity (Wildman–Crippen MR) is 124 cm³/mol. The van der Waals surface area contributed by atoms with Gasteiger partial charge in [0.15, 0.2) is 0 Å². The van der Waals surface area contributed by atoms with Gasteiger partial charge in [0.25, 0.3) is 0 Å². The molecule has 0 aliphatic carbocycles. The molecule has 0 fully saturated rings. The van der Waals surface area contributed by atoms with Crippen LogP contribution < -0.4 is 0 Å². The van der Waals surface area contributed by atoms with Crippen molar-refractivity contribution in [2.45, 2.75) is 0 Å². The van der Waals surface area contributed by atoms with E-state index in [4.69, 9.17) is 9.97 Å². The van der Waals surface area contributed by atoms with Crippen LogP contribution in [0.2, 0.25) is 0 Å². The number of aromatic nitrogens is 4. The first kappa shape index (κ1) is 19.4. The molecule has 4 nitrogen and oxygen atoms in total. The number of benzene rings is 1. The van der Waals surface area contributed by atoms with Crippen LogP contribution in [0.4, 0.5) is 0 Å². The molecular formula is C26H18N4Pd. The maximum atomic E-state index is 4.77. The first-order chi connectivity index (χ1) is 14.8. The second kappa shape index (κ2) is 7.96. The van der Waals surface area contributed by atoms with Crippen molar-refractivity contribution in [3.8, 4) is 11.1 Å². The Balaban J connectivity index is 0.00000204. The van der Waals surface area contributed by atoms with Gasteiger partial charge in [-0.15, -0.1) is 0 Å². The summed E-state index contributed by atoms with van der Waals surface area (Å²) in [7, 11) is 0. The summed E-state index contributed by atoms with van der Waals surface area (Å²) in [4.78, 5) is 16.5. The third-order valence-corrected chi connectivity index (χ3v) is 5.25. The number of rotatable bonds is 1. The largest absolute Gasteiger partial charge is 0.355 e. The molecule has 31 heavy (non-hydrogen) atoms. The SMILES string of the molecule is C1=Cc2cc3cc(-c4ccccc4)c(cc4nc(cc5ccc(cc1n2)[nH]5)C=C4)[nH]3.[Pd]. The predicted octanol–water partition coefficient (Wildman–Crippen LogP) is 6.32. The van der Waals surface area contributed by atoms with E-state index in [9.17, 15) is 0 Å². The molecule has 0 unspecified atom stereocenters. The molecular weight excluding hydrogens is 475 g/mol. The number of hydrogen-bond acceptors (Lipinski definition) is 2. The molecule has 0 saturated carbocycles. The van der Waals surface area contributed by atoms with Crippen molar-refractivity contribution in [2.24, 2.45) is 0 Å². The van der Waals surface area contributed by atoms with E-state index < -0.39 is 0 Å².